The van der Waals surface area contributed by atoms with Crippen LogP contribution in [0.4, 0.5) is 33.7 Å². The van der Waals surface area contributed by atoms with Gasteiger partial charge in [-0.25, -0.2) is 13.6 Å². The van der Waals surface area contributed by atoms with Crippen molar-refractivity contribution in [2.45, 2.75) is 18.5 Å². The molecule has 0 radical (unpaired) electrons. The number of nitro benzene ring substituents is 2. The van der Waals surface area contributed by atoms with Crippen LogP contribution in [-0.4, -0.2) is 33.5 Å². The molecule has 0 aliphatic heterocycles. The molecule has 0 saturated carbocycles. The topological polar surface area (TPSA) is 133 Å². The lowest BCUT2D eigenvalue weighted by molar-refractivity contribution is -0.395. The van der Waals surface area contributed by atoms with Gasteiger partial charge in [0.05, 0.1) is 21.5 Å². The van der Waals surface area contributed by atoms with E-state index in [1.54, 1.807) is 0 Å². The number of ether oxygens (including phenoxy) is 1. The van der Waals surface area contributed by atoms with Crippen LogP contribution in [0.15, 0.2) is 18.2 Å². The zero-order valence-corrected chi connectivity index (χ0v) is 10.7. The predicted octanol–water partition coefficient (Wildman–Crippen LogP) is 3.14. The molecule has 1 aromatic rings. The first-order chi connectivity index (χ1) is 10.5. The van der Waals surface area contributed by atoms with Crippen molar-refractivity contribution in [2.24, 2.45) is 0 Å². The van der Waals surface area contributed by atoms with Crippen molar-refractivity contribution < 1.29 is 42.0 Å². The van der Waals surface area contributed by atoms with Gasteiger partial charge in [0.15, 0.2) is 0 Å². The average molecular weight is 342 g/mol. The molecule has 0 heterocycles. The first-order valence-corrected chi connectivity index (χ1v) is 5.46. The van der Waals surface area contributed by atoms with E-state index in [0.29, 0.717) is 12.1 Å². The molecule has 0 bridgehead atoms. The number of benzene rings is 1. The molecule has 0 saturated heterocycles. The number of nitro groups is 2. The fraction of sp³-hybridized carbons (Fsp3) is 0.300. The molecule has 126 valence electrons. The number of hydrogen-bond acceptors (Lipinski definition) is 6. The van der Waals surface area contributed by atoms with Gasteiger partial charge in [0.25, 0.3) is 11.4 Å². The Hall–Kier alpha value is -2.99. The minimum absolute atomic E-state index is 0.231. The van der Waals surface area contributed by atoms with Crippen LogP contribution in [0, 0.1) is 20.2 Å². The molecule has 1 aromatic carbocycles. The SMILES string of the molecule is O=C(O)OC(c1ccc([N+](=O)[O-])cc1[N+](=O)[O-])C(F)(F)C(F)F. The molecular formula is C10H6F4N2O7. The standard InChI is InChI=1S/C10H6F4N2O7/c11-8(12)10(13,14)7(23-9(17)18)5-2-1-4(15(19)20)3-6(5)16(21)22/h1-3,7-8H,(H,17,18). The Bertz CT molecular complexity index is 652. The molecule has 1 atom stereocenters. The second-order valence-electron chi connectivity index (χ2n) is 4.00. The summed E-state index contributed by atoms with van der Waals surface area (Å²) in [5.74, 6) is -5.10. The normalized spacial score (nSPS) is 12.7. The second kappa shape index (κ2) is 6.41. The van der Waals surface area contributed by atoms with Gasteiger partial charge in [-0.15, -0.1) is 0 Å². The van der Waals surface area contributed by atoms with E-state index < -0.39 is 51.4 Å². The summed E-state index contributed by atoms with van der Waals surface area (Å²) >= 11 is 0. The van der Waals surface area contributed by atoms with Gasteiger partial charge < -0.3 is 9.84 Å². The molecule has 1 unspecified atom stereocenters. The van der Waals surface area contributed by atoms with Gasteiger partial charge in [0.1, 0.15) is 0 Å². The summed E-state index contributed by atoms with van der Waals surface area (Å²) < 4.78 is 55.5. The monoisotopic (exact) mass is 342 g/mol. The maximum absolute atomic E-state index is 13.5. The van der Waals surface area contributed by atoms with Crippen LogP contribution < -0.4 is 0 Å². The van der Waals surface area contributed by atoms with Crippen LogP contribution in [0.3, 0.4) is 0 Å². The maximum Gasteiger partial charge on any atom is 0.506 e. The Morgan fingerprint density at radius 2 is 1.78 bits per heavy atom. The fourth-order valence-corrected chi connectivity index (χ4v) is 1.59. The van der Waals surface area contributed by atoms with Crippen LogP contribution in [0.1, 0.15) is 11.7 Å². The first kappa shape index (κ1) is 18.1. The molecule has 0 aromatic heterocycles. The van der Waals surface area contributed by atoms with Gasteiger partial charge in [-0.1, -0.05) is 0 Å². The van der Waals surface area contributed by atoms with Crippen LogP contribution in [0.25, 0.3) is 0 Å². The molecule has 0 spiro atoms. The molecule has 1 rings (SSSR count). The van der Waals surface area contributed by atoms with Gasteiger partial charge in [-0.2, -0.15) is 8.78 Å². The fourth-order valence-electron chi connectivity index (χ4n) is 1.59. The van der Waals surface area contributed by atoms with E-state index in [-0.39, 0.29) is 6.07 Å². The lowest BCUT2D eigenvalue weighted by atomic mass is 10.0. The summed E-state index contributed by atoms with van der Waals surface area (Å²) in [7, 11) is 0. The third-order valence-electron chi connectivity index (χ3n) is 2.56. The van der Waals surface area contributed by atoms with E-state index in [4.69, 9.17) is 5.11 Å². The molecule has 0 aliphatic carbocycles. The summed E-state index contributed by atoms with van der Waals surface area (Å²) in [6, 6.07) is 1.11. The number of halogens is 4. The third kappa shape index (κ3) is 3.81. The van der Waals surface area contributed by atoms with Crippen molar-refractivity contribution in [3.63, 3.8) is 0 Å². The van der Waals surface area contributed by atoms with E-state index in [1.807, 2.05) is 0 Å². The minimum atomic E-state index is -5.10. The first-order valence-electron chi connectivity index (χ1n) is 5.46. The second-order valence-corrected chi connectivity index (χ2v) is 4.00. The van der Waals surface area contributed by atoms with E-state index >= 15 is 0 Å². The smallest absolute Gasteiger partial charge is 0.450 e. The average Bonchev–Trinajstić information content (AvgIpc) is 2.43. The van der Waals surface area contributed by atoms with Gasteiger partial charge in [0, 0.05) is 6.07 Å². The zero-order valence-electron chi connectivity index (χ0n) is 10.7. The number of nitrogens with zero attached hydrogens (tertiary/aromatic N) is 2. The predicted molar refractivity (Wildman–Crippen MR) is 62.6 cm³/mol. The van der Waals surface area contributed by atoms with Crippen molar-refractivity contribution >= 4 is 17.5 Å². The Labute approximate surface area is 123 Å². The van der Waals surface area contributed by atoms with Gasteiger partial charge >= 0.3 is 18.5 Å². The zero-order chi connectivity index (χ0) is 17.9. The van der Waals surface area contributed by atoms with E-state index in [1.165, 1.54) is 0 Å². The number of carboxylic acid groups (broad SMARTS) is 1. The van der Waals surface area contributed by atoms with Gasteiger partial charge in [0.2, 0.25) is 6.10 Å². The highest BCUT2D eigenvalue weighted by Crippen LogP contribution is 2.43. The Balaban J connectivity index is 3.55. The highest BCUT2D eigenvalue weighted by atomic mass is 19.3. The summed E-state index contributed by atoms with van der Waals surface area (Å²) in [5, 5.41) is 29.7. The molecule has 1 N–H and O–H groups in total. The molecular weight excluding hydrogens is 336 g/mol. The van der Waals surface area contributed by atoms with Crippen LogP contribution >= 0.6 is 0 Å². The van der Waals surface area contributed by atoms with E-state index in [2.05, 4.69) is 4.74 Å². The largest absolute Gasteiger partial charge is 0.506 e. The number of non-ortho nitro benzene ring substituents is 1. The van der Waals surface area contributed by atoms with Crippen molar-refractivity contribution in [1.29, 1.82) is 0 Å². The minimum Gasteiger partial charge on any atom is -0.450 e. The Kier molecular flexibility index (Phi) is 5.03. The number of carbonyl (C=O) groups is 1. The summed E-state index contributed by atoms with van der Waals surface area (Å²) in [5.41, 5.74) is -3.48. The van der Waals surface area contributed by atoms with Crippen LogP contribution in [-0.2, 0) is 4.74 Å². The van der Waals surface area contributed by atoms with Gasteiger partial charge in [-0.05, 0) is 6.07 Å². The van der Waals surface area contributed by atoms with Crippen molar-refractivity contribution in [2.75, 3.05) is 0 Å². The number of alkyl halides is 4. The summed E-state index contributed by atoms with van der Waals surface area (Å²) in [6.45, 7) is 0. The quantitative estimate of drug-likeness (QED) is 0.363. The number of rotatable bonds is 6. The van der Waals surface area contributed by atoms with Crippen molar-refractivity contribution in [3.05, 3.63) is 44.0 Å². The van der Waals surface area contributed by atoms with Crippen LogP contribution in [0.5, 0.6) is 0 Å². The molecule has 23 heavy (non-hydrogen) atoms. The number of hydrogen-bond donors (Lipinski definition) is 1. The Morgan fingerprint density at radius 3 is 2.17 bits per heavy atom. The summed E-state index contributed by atoms with van der Waals surface area (Å²) in [6.07, 6.45) is -10.0. The third-order valence-corrected chi connectivity index (χ3v) is 2.56. The van der Waals surface area contributed by atoms with Gasteiger partial charge in [-0.3, -0.25) is 20.2 Å². The lowest BCUT2D eigenvalue weighted by Gasteiger charge is -2.24. The molecule has 0 amide bonds. The molecule has 0 fully saturated rings. The highest BCUT2D eigenvalue weighted by Gasteiger charge is 2.54. The van der Waals surface area contributed by atoms with Crippen molar-refractivity contribution in [1.82, 2.24) is 0 Å². The van der Waals surface area contributed by atoms with E-state index in [0.717, 1.165) is 0 Å². The molecule has 0 aliphatic rings. The lowest BCUT2D eigenvalue weighted by Crippen LogP contribution is -2.37. The summed E-state index contributed by atoms with van der Waals surface area (Å²) in [4.78, 5) is 29.3. The maximum atomic E-state index is 13.5. The van der Waals surface area contributed by atoms with Crippen molar-refractivity contribution in [3.8, 4) is 0 Å². The Morgan fingerprint density at radius 1 is 1.22 bits per heavy atom. The molecule has 13 heteroatoms. The molecule has 9 nitrogen and oxygen atoms in total. The highest BCUT2D eigenvalue weighted by molar-refractivity contribution is 5.59. The van der Waals surface area contributed by atoms with Crippen LogP contribution in [0.2, 0.25) is 0 Å². The van der Waals surface area contributed by atoms with E-state index in [9.17, 15) is 42.6 Å².